The van der Waals surface area contributed by atoms with Crippen LogP contribution in [0.4, 0.5) is 0 Å². The topological polar surface area (TPSA) is 40.5 Å². The van der Waals surface area contributed by atoms with E-state index >= 15 is 0 Å². The molecule has 3 rings (SSSR count). The van der Waals surface area contributed by atoms with Crippen molar-refractivity contribution in [1.29, 1.82) is 0 Å². The summed E-state index contributed by atoms with van der Waals surface area (Å²) >= 11 is 0. The Morgan fingerprint density at radius 2 is 1.85 bits per heavy atom. The Labute approximate surface area is 79.0 Å². The van der Waals surface area contributed by atoms with E-state index in [4.69, 9.17) is 0 Å². The van der Waals surface area contributed by atoms with Crippen molar-refractivity contribution in [2.24, 2.45) is 23.2 Å². The quantitative estimate of drug-likeness (QED) is 0.590. The third-order valence-electron chi connectivity index (χ3n) is 4.90. The summed E-state index contributed by atoms with van der Waals surface area (Å²) in [6.07, 6.45) is 3.97. The van der Waals surface area contributed by atoms with Crippen LogP contribution in [0.15, 0.2) is 0 Å². The van der Waals surface area contributed by atoms with E-state index in [0.717, 1.165) is 19.3 Å². The van der Waals surface area contributed by atoms with Gasteiger partial charge in [0.25, 0.3) is 0 Å². The van der Waals surface area contributed by atoms with Crippen LogP contribution in [0.3, 0.4) is 0 Å². The van der Waals surface area contributed by atoms with Gasteiger partial charge in [0.15, 0.2) is 0 Å². The highest BCUT2D eigenvalue weighted by atomic mass is 16.3. The molecule has 0 amide bonds. The first-order valence-electron chi connectivity index (χ1n) is 5.46. The molecule has 6 atom stereocenters. The highest BCUT2D eigenvalue weighted by Crippen LogP contribution is 2.65. The van der Waals surface area contributed by atoms with Gasteiger partial charge in [0.1, 0.15) is 0 Å². The summed E-state index contributed by atoms with van der Waals surface area (Å²) in [5, 5.41) is 19.5. The van der Waals surface area contributed by atoms with Crippen molar-refractivity contribution in [1.82, 2.24) is 0 Å². The maximum absolute atomic E-state index is 9.84. The fourth-order valence-electron chi connectivity index (χ4n) is 4.44. The maximum atomic E-state index is 9.84. The molecule has 0 heterocycles. The Morgan fingerprint density at radius 1 is 1.08 bits per heavy atom. The van der Waals surface area contributed by atoms with Crippen molar-refractivity contribution in [3.05, 3.63) is 0 Å². The van der Waals surface area contributed by atoms with Gasteiger partial charge in [-0.05, 0) is 48.9 Å². The molecule has 0 aromatic heterocycles. The van der Waals surface area contributed by atoms with Crippen LogP contribution >= 0.6 is 0 Å². The molecule has 3 aliphatic carbocycles. The zero-order valence-corrected chi connectivity index (χ0v) is 8.11. The second kappa shape index (κ2) is 2.29. The van der Waals surface area contributed by atoms with Crippen molar-refractivity contribution in [3.8, 4) is 0 Å². The molecule has 0 radical (unpaired) electrons. The molecule has 3 aliphatic rings. The molecule has 3 fully saturated rings. The summed E-state index contributed by atoms with van der Waals surface area (Å²) in [4.78, 5) is 0. The largest absolute Gasteiger partial charge is 0.393 e. The predicted octanol–water partition coefficient (Wildman–Crippen LogP) is 1.16. The average molecular weight is 182 g/mol. The maximum Gasteiger partial charge on any atom is 0.0576 e. The molecule has 2 nitrogen and oxygen atoms in total. The van der Waals surface area contributed by atoms with Crippen LogP contribution in [0.2, 0.25) is 0 Å². The number of hydrogen-bond donors (Lipinski definition) is 2. The van der Waals surface area contributed by atoms with Crippen LogP contribution in [0.1, 0.15) is 32.6 Å². The van der Waals surface area contributed by atoms with E-state index in [9.17, 15) is 10.2 Å². The lowest BCUT2D eigenvalue weighted by molar-refractivity contribution is 0.0402. The molecule has 2 heteroatoms. The number of aliphatic hydroxyl groups is 2. The molecule has 0 aromatic carbocycles. The molecule has 74 valence electrons. The van der Waals surface area contributed by atoms with Crippen molar-refractivity contribution < 1.29 is 10.2 Å². The minimum Gasteiger partial charge on any atom is -0.393 e. The van der Waals surface area contributed by atoms with Crippen LogP contribution in [0.25, 0.3) is 0 Å². The van der Waals surface area contributed by atoms with E-state index in [1.807, 2.05) is 0 Å². The normalized spacial score (nSPS) is 64.4. The van der Waals surface area contributed by atoms with Gasteiger partial charge in [-0.2, -0.15) is 0 Å². The fourth-order valence-corrected chi connectivity index (χ4v) is 4.44. The van der Waals surface area contributed by atoms with Crippen LogP contribution in [-0.2, 0) is 0 Å². The molecule has 2 N–H and O–H groups in total. The van der Waals surface area contributed by atoms with E-state index in [-0.39, 0.29) is 12.2 Å². The van der Waals surface area contributed by atoms with Crippen molar-refractivity contribution in [2.75, 3.05) is 0 Å². The number of aliphatic hydroxyl groups excluding tert-OH is 2. The molecule has 6 unspecified atom stereocenters. The fraction of sp³-hybridized carbons (Fsp3) is 1.00. The molecule has 3 saturated carbocycles. The summed E-state index contributed by atoms with van der Waals surface area (Å²) in [6, 6.07) is 0. The van der Waals surface area contributed by atoms with Crippen LogP contribution < -0.4 is 0 Å². The van der Waals surface area contributed by atoms with E-state index in [1.54, 1.807) is 0 Å². The van der Waals surface area contributed by atoms with Gasteiger partial charge in [0.05, 0.1) is 12.2 Å². The Morgan fingerprint density at radius 3 is 2.62 bits per heavy atom. The first kappa shape index (κ1) is 8.25. The second-order valence-electron chi connectivity index (χ2n) is 5.69. The summed E-state index contributed by atoms with van der Waals surface area (Å²) in [7, 11) is 0. The molecular weight excluding hydrogens is 164 g/mol. The Kier molecular flexibility index (Phi) is 1.45. The van der Waals surface area contributed by atoms with Crippen LogP contribution in [0.5, 0.6) is 0 Å². The lowest BCUT2D eigenvalue weighted by Gasteiger charge is -2.34. The number of hydrogen-bond acceptors (Lipinski definition) is 2. The zero-order valence-electron chi connectivity index (χ0n) is 8.11. The third-order valence-corrected chi connectivity index (χ3v) is 4.90. The van der Waals surface area contributed by atoms with Gasteiger partial charge in [-0.25, -0.2) is 0 Å². The molecule has 13 heavy (non-hydrogen) atoms. The second-order valence-corrected chi connectivity index (χ2v) is 5.69. The highest BCUT2D eigenvalue weighted by molar-refractivity contribution is 5.10. The first-order valence-corrected chi connectivity index (χ1v) is 5.46. The van der Waals surface area contributed by atoms with Crippen molar-refractivity contribution in [2.45, 2.75) is 44.8 Å². The third kappa shape index (κ3) is 0.909. The summed E-state index contributed by atoms with van der Waals surface area (Å²) in [6.45, 7) is 2.30. The number of rotatable bonds is 0. The zero-order chi connectivity index (χ0) is 9.22. The smallest absolute Gasteiger partial charge is 0.0576 e. The molecule has 2 bridgehead atoms. The first-order chi connectivity index (χ1) is 6.10. The predicted molar refractivity (Wildman–Crippen MR) is 49.1 cm³/mol. The van der Waals surface area contributed by atoms with Gasteiger partial charge in [-0.15, -0.1) is 0 Å². The number of fused-ring (bicyclic) bond motifs is 5. The Balaban J connectivity index is 1.93. The van der Waals surface area contributed by atoms with Crippen LogP contribution in [-0.4, -0.2) is 22.4 Å². The lowest BCUT2D eigenvalue weighted by Crippen LogP contribution is -2.32. The van der Waals surface area contributed by atoms with E-state index in [1.165, 1.54) is 6.42 Å². The van der Waals surface area contributed by atoms with E-state index in [2.05, 4.69) is 6.92 Å². The van der Waals surface area contributed by atoms with Gasteiger partial charge >= 0.3 is 0 Å². The van der Waals surface area contributed by atoms with Gasteiger partial charge in [0, 0.05) is 0 Å². The SMILES string of the molecule is CC12CC(O)C(C1)C1CC(O)CC12. The van der Waals surface area contributed by atoms with E-state index < -0.39 is 0 Å². The standard InChI is InChI=1S/C11H18O2/c1-11-4-8(10(13)5-11)7-2-6(12)3-9(7)11/h6-10,12-13H,2-5H2,1H3. The van der Waals surface area contributed by atoms with Gasteiger partial charge in [-0.1, -0.05) is 6.92 Å². The van der Waals surface area contributed by atoms with Gasteiger partial charge < -0.3 is 10.2 Å². The molecule has 0 spiro atoms. The minimum absolute atomic E-state index is 0.0726. The van der Waals surface area contributed by atoms with Crippen molar-refractivity contribution in [3.63, 3.8) is 0 Å². The average Bonchev–Trinajstić information content (AvgIpc) is 2.58. The van der Waals surface area contributed by atoms with E-state index in [0.29, 0.717) is 23.2 Å². The summed E-state index contributed by atoms with van der Waals surface area (Å²) in [5.41, 5.74) is 0.353. The Hall–Kier alpha value is -0.0800. The summed E-state index contributed by atoms with van der Waals surface area (Å²) < 4.78 is 0. The highest BCUT2D eigenvalue weighted by Gasteiger charge is 2.61. The van der Waals surface area contributed by atoms with Gasteiger partial charge in [0.2, 0.25) is 0 Å². The van der Waals surface area contributed by atoms with Crippen molar-refractivity contribution >= 4 is 0 Å². The molecule has 0 saturated heterocycles. The molecule has 0 aliphatic heterocycles. The lowest BCUT2D eigenvalue weighted by atomic mass is 9.72. The van der Waals surface area contributed by atoms with Gasteiger partial charge in [-0.3, -0.25) is 0 Å². The Bertz CT molecular complexity index is 240. The summed E-state index contributed by atoms with van der Waals surface area (Å²) in [5.74, 6) is 1.84. The molecule has 0 aromatic rings. The minimum atomic E-state index is -0.0811. The van der Waals surface area contributed by atoms with Crippen LogP contribution in [0, 0.1) is 23.2 Å². The monoisotopic (exact) mass is 182 g/mol. The molecular formula is C11H18O2.